The van der Waals surface area contributed by atoms with Crippen molar-refractivity contribution in [3.63, 3.8) is 0 Å². The van der Waals surface area contributed by atoms with E-state index in [1.54, 1.807) is 6.26 Å². The van der Waals surface area contributed by atoms with Crippen LogP contribution in [0.3, 0.4) is 0 Å². The van der Waals surface area contributed by atoms with Crippen molar-refractivity contribution in [2.24, 2.45) is 0 Å². The van der Waals surface area contributed by atoms with Gasteiger partial charge in [0.2, 0.25) is 5.89 Å². The first-order valence-corrected chi connectivity index (χ1v) is 7.55. The van der Waals surface area contributed by atoms with Gasteiger partial charge in [-0.1, -0.05) is 24.3 Å². The van der Waals surface area contributed by atoms with E-state index in [0.717, 1.165) is 11.6 Å². The van der Waals surface area contributed by atoms with Gasteiger partial charge in [0.15, 0.2) is 11.6 Å². The Balaban J connectivity index is 1.55. The molecular weight excluding hydrogens is 333 g/mol. The van der Waals surface area contributed by atoms with Crippen LogP contribution in [0, 0.1) is 5.82 Å². The van der Waals surface area contributed by atoms with Crippen molar-refractivity contribution in [1.82, 2.24) is 10.3 Å². The largest absolute Gasteiger partial charge is 0.444 e. The SMILES string of the molecule is Fc1cc(CNCc2coc(-c3ccccc3)n2)ccc1OC(F)F. The molecule has 0 spiro atoms. The van der Waals surface area contributed by atoms with Gasteiger partial charge in [0.05, 0.1) is 5.69 Å². The summed E-state index contributed by atoms with van der Waals surface area (Å²) in [7, 11) is 0. The van der Waals surface area contributed by atoms with E-state index in [2.05, 4.69) is 15.0 Å². The number of halogens is 3. The van der Waals surface area contributed by atoms with Crippen LogP contribution in [-0.4, -0.2) is 11.6 Å². The molecule has 1 N–H and O–H groups in total. The van der Waals surface area contributed by atoms with Gasteiger partial charge in [0.1, 0.15) is 6.26 Å². The smallest absolute Gasteiger partial charge is 0.387 e. The maximum atomic E-state index is 13.6. The second-order valence-corrected chi connectivity index (χ2v) is 5.26. The molecule has 0 aliphatic heterocycles. The van der Waals surface area contributed by atoms with Crippen LogP contribution in [0.1, 0.15) is 11.3 Å². The van der Waals surface area contributed by atoms with Crippen LogP contribution >= 0.6 is 0 Å². The third kappa shape index (κ3) is 4.60. The van der Waals surface area contributed by atoms with Gasteiger partial charge < -0.3 is 14.5 Å². The van der Waals surface area contributed by atoms with E-state index in [1.165, 1.54) is 12.1 Å². The number of hydrogen-bond acceptors (Lipinski definition) is 4. The molecule has 0 amide bonds. The van der Waals surface area contributed by atoms with Crippen molar-refractivity contribution < 1.29 is 22.3 Å². The standard InChI is InChI=1S/C18H15F3N2O2/c19-15-8-12(6-7-16(15)25-18(20)21)9-22-10-14-11-24-17(23-14)13-4-2-1-3-5-13/h1-8,11,18,22H,9-10H2. The Morgan fingerprint density at radius 3 is 2.60 bits per heavy atom. The maximum absolute atomic E-state index is 13.6. The number of aromatic nitrogens is 1. The first-order valence-electron chi connectivity index (χ1n) is 7.55. The van der Waals surface area contributed by atoms with E-state index < -0.39 is 18.2 Å². The Bertz CT molecular complexity index is 822. The van der Waals surface area contributed by atoms with Crippen molar-refractivity contribution in [1.29, 1.82) is 0 Å². The second-order valence-electron chi connectivity index (χ2n) is 5.26. The van der Waals surface area contributed by atoms with Crippen LogP contribution in [0.5, 0.6) is 5.75 Å². The molecular formula is C18H15F3N2O2. The van der Waals surface area contributed by atoms with Crippen molar-refractivity contribution in [3.05, 3.63) is 71.9 Å². The zero-order valence-corrected chi connectivity index (χ0v) is 13.1. The molecule has 0 atom stereocenters. The van der Waals surface area contributed by atoms with Gasteiger partial charge in [0.25, 0.3) is 0 Å². The maximum Gasteiger partial charge on any atom is 0.387 e. The number of oxazole rings is 1. The summed E-state index contributed by atoms with van der Waals surface area (Å²) >= 11 is 0. The van der Waals surface area contributed by atoms with Crippen LogP contribution < -0.4 is 10.1 Å². The van der Waals surface area contributed by atoms with E-state index in [4.69, 9.17) is 4.42 Å². The van der Waals surface area contributed by atoms with Crippen molar-refractivity contribution in [2.75, 3.05) is 0 Å². The van der Waals surface area contributed by atoms with Gasteiger partial charge in [-0.2, -0.15) is 8.78 Å². The van der Waals surface area contributed by atoms with Gasteiger partial charge >= 0.3 is 6.61 Å². The molecule has 0 bridgehead atoms. The minimum Gasteiger partial charge on any atom is -0.444 e. The first-order chi connectivity index (χ1) is 12.1. The Hall–Kier alpha value is -2.80. The highest BCUT2D eigenvalue weighted by molar-refractivity contribution is 5.52. The topological polar surface area (TPSA) is 47.3 Å². The zero-order chi connectivity index (χ0) is 17.6. The normalized spacial score (nSPS) is 11.0. The lowest BCUT2D eigenvalue weighted by Gasteiger charge is -2.08. The van der Waals surface area contributed by atoms with Crippen LogP contribution in [-0.2, 0) is 13.1 Å². The van der Waals surface area contributed by atoms with Crippen molar-refractivity contribution in [3.8, 4) is 17.2 Å². The highest BCUT2D eigenvalue weighted by Gasteiger charge is 2.10. The van der Waals surface area contributed by atoms with E-state index in [9.17, 15) is 13.2 Å². The molecule has 0 aliphatic carbocycles. The molecule has 7 heteroatoms. The van der Waals surface area contributed by atoms with Gasteiger partial charge in [-0.3, -0.25) is 0 Å². The summed E-state index contributed by atoms with van der Waals surface area (Å²) < 4.78 is 47.3. The first kappa shape index (κ1) is 17.0. The average molecular weight is 348 g/mol. The Morgan fingerprint density at radius 2 is 1.88 bits per heavy atom. The molecule has 130 valence electrons. The molecule has 25 heavy (non-hydrogen) atoms. The highest BCUT2D eigenvalue weighted by Crippen LogP contribution is 2.21. The summed E-state index contributed by atoms with van der Waals surface area (Å²) in [4.78, 5) is 4.37. The van der Waals surface area contributed by atoms with E-state index in [0.29, 0.717) is 30.2 Å². The number of benzene rings is 2. The Labute approximate surface area is 142 Å². The number of nitrogens with one attached hydrogen (secondary N) is 1. The lowest BCUT2D eigenvalue weighted by atomic mass is 10.2. The number of ether oxygens (including phenoxy) is 1. The summed E-state index contributed by atoms with van der Waals surface area (Å²) in [5, 5.41) is 3.09. The monoisotopic (exact) mass is 348 g/mol. The highest BCUT2D eigenvalue weighted by atomic mass is 19.3. The number of alkyl halides is 2. The molecule has 1 aromatic heterocycles. The van der Waals surface area contributed by atoms with Crippen LogP contribution in [0.25, 0.3) is 11.5 Å². The summed E-state index contributed by atoms with van der Waals surface area (Å²) in [6.45, 7) is -2.28. The molecule has 4 nitrogen and oxygen atoms in total. The minimum absolute atomic E-state index is 0.347. The van der Waals surface area contributed by atoms with Gasteiger partial charge in [0, 0.05) is 18.7 Å². The van der Waals surface area contributed by atoms with Crippen LogP contribution in [0.15, 0.2) is 59.2 Å². The molecule has 0 unspecified atom stereocenters. The third-order valence-electron chi connectivity index (χ3n) is 3.42. The number of nitrogens with zero attached hydrogens (tertiary/aromatic N) is 1. The fraction of sp³-hybridized carbons (Fsp3) is 0.167. The minimum atomic E-state index is -3.05. The molecule has 0 saturated carbocycles. The van der Waals surface area contributed by atoms with Gasteiger partial charge in [-0.05, 0) is 29.8 Å². The summed E-state index contributed by atoms with van der Waals surface area (Å²) in [5.41, 5.74) is 2.19. The van der Waals surface area contributed by atoms with E-state index in [-0.39, 0.29) is 0 Å². The second kappa shape index (κ2) is 7.85. The number of rotatable bonds is 7. The third-order valence-corrected chi connectivity index (χ3v) is 3.42. The molecule has 3 aromatic rings. The zero-order valence-electron chi connectivity index (χ0n) is 13.1. The Morgan fingerprint density at radius 1 is 1.08 bits per heavy atom. The molecule has 0 saturated heterocycles. The fourth-order valence-electron chi connectivity index (χ4n) is 2.28. The van der Waals surface area contributed by atoms with Gasteiger partial charge in [-0.15, -0.1) is 0 Å². The van der Waals surface area contributed by atoms with E-state index in [1.807, 2.05) is 30.3 Å². The lowest BCUT2D eigenvalue weighted by Crippen LogP contribution is -2.13. The quantitative estimate of drug-likeness (QED) is 0.689. The molecule has 1 heterocycles. The summed E-state index contributed by atoms with van der Waals surface area (Å²) in [6.07, 6.45) is 1.55. The van der Waals surface area contributed by atoms with Gasteiger partial charge in [-0.25, -0.2) is 9.37 Å². The Kier molecular flexibility index (Phi) is 5.35. The van der Waals surface area contributed by atoms with Crippen molar-refractivity contribution >= 4 is 0 Å². The summed E-state index contributed by atoms with van der Waals surface area (Å²) in [5.74, 6) is -0.771. The number of hydrogen-bond donors (Lipinski definition) is 1. The van der Waals surface area contributed by atoms with Crippen LogP contribution in [0.4, 0.5) is 13.2 Å². The van der Waals surface area contributed by atoms with Crippen molar-refractivity contribution in [2.45, 2.75) is 19.7 Å². The van der Waals surface area contributed by atoms with E-state index >= 15 is 0 Å². The molecule has 2 aromatic carbocycles. The van der Waals surface area contributed by atoms with Crippen LogP contribution in [0.2, 0.25) is 0 Å². The summed E-state index contributed by atoms with van der Waals surface area (Å²) in [6, 6.07) is 13.4. The molecule has 3 rings (SSSR count). The molecule has 0 radical (unpaired) electrons. The molecule has 0 fully saturated rings. The predicted molar refractivity (Wildman–Crippen MR) is 85.5 cm³/mol. The predicted octanol–water partition coefficient (Wildman–Crippen LogP) is 4.37. The average Bonchev–Trinajstić information content (AvgIpc) is 3.07. The molecule has 0 aliphatic rings. The fourth-order valence-corrected chi connectivity index (χ4v) is 2.28. The lowest BCUT2D eigenvalue weighted by molar-refractivity contribution is -0.0522.